The Morgan fingerprint density at radius 3 is 2.15 bits per heavy atom. The van der Waals surface area contributed by atoms with E-state index in [-0.39, 0.29) is 74.2 Å². The molecule has 15 atom stereocenters. The Labute approximate surface area is 679 Å². The van der Waals surface area contributed by atoms with Crippen LogP contribution < -0.4 is 36.2 Å². The fourth-order valence-electron chi connectivity index (χ4n) is 19.0. The molecule has 13 N–H and O–H groups in total. The number of benzene rings is 3. The van der Waals surface area contributed by atoms with E-state index in [1.54, 1.807) is 44.5 Å². The third-order valence-corrected chi connectivity index (χ3v) is 26.9. The summed E-state index contributed by atoms with van der Waals surface area (Å²) in [7, 11) is 6.77. The van der Waals surface area contributed by atoms with Gasteiger partial charge in [-0.3, -0.25) is 57.7 Å². The number of carboxylic acids is 5. The van der Waals surface area contributed by atoms with Crippen molar-refractivity contribution in [3.8, 4) is 5.75 Å². The summed E-state index contributed by atoms with van der Waals surface area (Å²) < 4.78 is 18.0. The number of anilines is 1. The van der Waals surface area contributed by atoms with E-state index in [0.29, 0.717) is 87.4 Å². The molecule has 31 nitrogen and oxygen atoms in total. The van der Waals surface area contributed by atoms with Gasteiger partial charge in [-0.2, -0.15) is 0 Å². The largest absolute Gasteiger partial charge is 0.496 e. The normalized spacial score (nSPS) is 26.1. The number of aliphatic hydroxyl groups is 3. The number of piperidine rings is 1. The summed E-state index contributed by atoms with van der Waals surface area (Å²) >= 11 is 5.08. The number of nitrogens with one attached hydrogen (secondary N) is 5. The molecular formula is C81H104N8O23S3. The van der Waals surface area contributed by atoms with Gasteiger partial charge in [-0.25, -0.2) is 9.59 Å². The van der Waals surface area contributed by atoms with Crippen molar-refractivity contribution in [2.24, 2.45) is 23.2 Å². The number of Topliss-reactive ketones (excluding diaryl/α,β-unsaturated/α-hetero) is 2. The first kappa shape index (κ1) is 88.3. The monoisotopic (exact) mass is 1650 g/mol. The first-order valence-electron chi connectivity index (χ1n) is 38.9. The molecule has 1 saturated carbocycles. The standard InChI is InChI=1S/C81H104N8O23S3/c1-6-77(108)40-47-41-80(75(107)111-5,54-35-48-17-11-12-18-52(48)53(54)24-29-88(43-47)45-77)56-37-55-60(39-62(56)110-4)87(3)72-79(55)26-30-89-28-14-25-78(7-2,71(79)89)73(105)81(72,109)74(106)83-42-66(97)112-31-32-114-115-44-59(70(103)104)85-67(98)50(33-46-15-9-8-10-16-46)36-61(91)58(38-65(95)96)84-63(92)23-20-49(68(99)100)34-51(90)21-22-57(69(101)102)86-76(113)82-27-13-19-64(93)94/h8-12,14-18,25,37,39,47,49-50,57-59,71-73,105,108-109H,6-7,13,19-24,26-36,38,40-45H2,1-5H3,(H,83,106)(H,84,92)(H,85,98)(H,93,94)(H,95,96)(H,99,100)(H,101,102)(H,103,104)(H2,82,86,113)/t47?,49-,50-,57+,58+,59+,71+,72-,73-,77+,78-,79-,80-,81+/m1/s1. The van der Waals surface area contributed by atoms with Gasteiger partial charge in [-0.05, 0) is 135 Å². The summed E-state index contributed by atoms with van der Waals surface area (Å²) in [6, 6.07) is 14.0. The Kier molecular flexibility index (Phi) is 29.1. The molecule has 5 aliphatic heterocycles. The van der Waals surface area contributed by atoms with Crippen LogP contribution in [0.2, 0.25) is 0 Å². The number of carbonyl (C=O) groups excluding carboxylic acids is 7. The summed E-state index contributed by atoms with van der Waals surface area (Å²) in [5.74, 6) is -15.6. The lowest BCUT2D eigenvalue weighted by Gasteiger charge is -2.63. The van der Waals surface area contributed by atoms with Gasteiger partial charge in [0.2, 0.25) is 11.8 Å². The minimum Gasteiger partial charge on any atom is -0.496 e. The second-order valence-corrected chi connectivity index (χ2v) is 34.3. The van der Waals surface area contributed by atoms with Gasteiger partial charge in [0.1, 0.15) is 48.3 Å². The zero-order valence-corrected chi connectivity index (χ0v) is 67.5. The van der Waals surface area contributed by atoms with Gasteiger partial charge in [-0.1, -0.05) is 102 Å². The summed E-state index contributed by atoms with van der Waals surface area (Å²) in [5.41, 5.74) is -0.970. The number of nitrogens with zero attached hydrogens (tertiary/aromatic N) is 3. The van der Waals surface area contributed by atoms with Crippen LogP contribution in [0.15, 0.2) is 84.5 Å². The number of aliphatic hydroxyl groups excluding tert-OH is 1. The maximum Gasteiger partial charge on any atom is 0.327 e. The Bertz CT molecular complexity index is 4280. The molecule has 34 heteroatoms. The molecule has 2 bridgehead atoms. The Morgan fingerprint density at radius 1 is 0.739 bits per heavy atom. The summed E-state index contributed by atoms with van der Waals surface area (Å²) in [6.07, 6.45) is 0.859. The Balaban J connectivity index is 0.775. The highest BCUT2D eigenvalue weighted by Crippen LogP contribution is 2.68. The first-order valence-corrected chi connectivity index (χ1v) is 41.8. The lowest BCUT2D eigenvalue weighted by molar-refractivity contribution is -0.203. The summed E-state index contributed by atoms with van der Waals surface area (Å²) in [4.78, 5) is 166. The van der Waals surface area contributed by atoms with E-state index in [1.807, 2.05) is 55.2 Å². The number of thiocarbonyl (C=S) groups is 1. The predicted octanol–water partition coefficient (Wildman–Crippen LogP) is 3.97. The molecule has 5 heterocycles. The molecule has 2 unspecified atom stereocenters. The second-order valence-electron chi connectivity index (χ2n) is 31.2. The number of carboxylic acid groups (broad SMARTS) is 5. The lowest BCUT2D eigenvalue weighted by Crippen LogP contribution is -2.81. The summed E-state index contributed by atoms with van der Waals surface area (Å²) in [5, 5.41) is 100. The van der Waals surface area contributed by atoms with Gasteiger partial charge in [0, 0.05) is 123 Å². The number of ketones is 2. The van der Waals surface area contributed by atoms with Crippen LogP contribution >= 0.6 is 33.8 Å². The van der Waals surface area contributed by atoms with Crippen molar-refractivity contribution in [3.63, 3.8) is 0 Å². The van der Waals surface area contributed by atoms with Crippen molar-refractivity contribution < 1.29 is 113 Å². The number of ether oxygens (including phenoxy) is 3. The quantitative estimate of drug-likeness (QED) is 0.0126. The van der Waals surface area contributed by atoms with Crippen LogP contribution in [0.25, 0.3) is 5.57 Å². The van der Waals surface area contributed by atoms with Gasteiger partial charge in [0.05, 0.1) is 44.2 Å². The minimum absolute atomic E-state index is 0.0677. The molecule has 7 aliphatic rings. The van der Waals surface area contributed by atoms with Crippen LogP contribution in [0.4, 0.5) is 5.69 Å². The number of esters is 2. The number of aliphatic carboxylic acids is 5. The van der Waals surface area contributed by atoms with Crippen molar-refractivity contribution in [2.75, 3.05) is 90.1 Å². The van der Waals surface area contributed by atoms with Gasteiger partial charge in [0.25, 0.3) is 5.91 Å². The number of rotatable bonds is 40. The van der Waals surface area contributed by atoms with Crippen LogP contribution in [-0.4, -0.2) is 260 Å². The third-order valence-electron chi connectivity index (χ3n) is 24.3. The van der Waals surface area contributed by atoms with Crippen LogP contribution in [0.3, 0.4) is 0 Å². The van der Waals surface area contributed by atoms with Crippen LogP contribution in [-0.2, 0) is 90.7 Å². The predicted molar refractivity (Wildman–Crippen MR) is 427 cm³/mol. The lowest BCUT2D eigenvalue weighted by atomic mass is 9.47. The van der Waals surface area contributed by atoms with Crippen LogP contribution in [0.5, 0.6) is 5.75 Å². The van der Waals surface area contributed by atoms with E-state index in [9.17, 15) is 83.7 Å². The zero-order valence-electron chi connectivity index (χ0n) is 65.1. The number of hydrogen-bond donors (Lipinski definition) is 13. The molecule has 3 amide bonds. The number of methoxy groups -OCH3 is 2. The van der Waals surface area contributed by atoms with Crippen molar-refractivity contribution in [1.29, 1.82) is 0 Å². The maximum absolute atomic E-state index is 15.7. The zero-order chi connectivity index (χ0) is 83.5. The highest BCUT2D eigenvalue weighted by molar-refractivity contribution is 8.76. The fraction of sp³-hybridized carbons (Fsp3) is 0.568. The number of carbonyl (C=O) groups is 12. The molecule has 0 aromatic heterocycles. The summed E-state index contributed by atoms with van der Waals surface area (Å²) in [6.45, 7) is 5.83. The first-order chi connectivity index (χ1) is 54.7. The topological polar surface area (TPSA) is 464 Å². The van der Waals surface area contributed by atoms with Crippen molar-refractivity contribution in [3.05, 3.63) is 112 Å². The molecule has 3 aromatic carbocycles. The number of fused-ring (bicyclic) bond motifs is 5. The van der Waals surface area contributed by atoms with E-state index in [0.717, 1.165) is 49.4 Å². The molecule has 2 aliphatic carbocycles. The molecule has 3 fully saturated rings. The highest BCUT2D eigenvalue weighted by atomic mass is 33.1. The van der Waals surface area contributed by atoms with Crippen molar-refractivity contribution >= 4 is 121 Å². The Hall–Kier alpha value is -9.03. The van der Waals surface area contributed by atoms with Gasteiger partial charge >= 0.3 is 41.8 Å². The average Bonchev–Trinajstić information content (AvgIpc) is 1.49. The Morgan fingerprint density at radius 2 is 1.47 bits per heavy atom. The number of hydrogen-bond acceptors (Lipinski definition) is 24. The van der Waals surface area contributed by atoms with E-state index in [2.05, 4.69) is 48.5 Å². The number of amides is 3. The average molecular weight is 1650 g/mol. The maximum atomic E-state index is 15.7. The smallest absolute Gasteiger partial charge is 0.327 e. The number of likely N-dealkylation sites (N-methyl/N-ethyl adjacent to an activating group) is 1. The van der Waals surface area contributed by atoms with Crippen LogP contribution in [0.1, 0.15) is 138 Å². The van der Waals surface area contributed by atoms with Crippen molar-refractivity contribution in [1.82, 2.24) is 36.4 Å². The van der Waals surface area contributed by atoms with E-state index in [1.165, 1.54) is 7.11 Å². The molecule has 624 valence electrons. The molecular weight excluding hydrogens is 1550 g/mol. The van der Waals surface area contributed by atoms with Gasteiger partial charge in [0.15, 0.2) is 16.5 Å². The van der Waals surface area contributed by atoms with Gasteiger partial charge < -0.3 is 86.5 Å². The second kappa shape index (κ2) is 37.9. The third kappa shape index (κ3) is 19.0. The van der Waals surface area contributed by atoms with Crippen LogP contribution in [0, 0.1) is 23.2 Å². The molecule has 2 saturated heterocycles. The highest BCUT2D eigenvalue weighted by Gasteiger charge is 2.79. The van der Waals surface area contributed by atoms with E-state index in [4.69, 9.17) is 31.5 Å². The molecule has 10 rings (SSSR count). The fourth-order valence-corrected chi connectivity index (χ4v) is 21.2. The molecule has 1 spiro atoms. The van der Waals surface area contributed by atoms with E-state index >= 15 is 9.59 Å². The minimum atomic E-state index is -2.63. The molecule has 115 heavy (non-hydrogen) atoms. The molecule has 0 radical (unpaired) electrons. The van der Waals surface area contributed by atoms with E-state index < -0.39 is 192 Å². The van der Waals surface area contributed by atoms with Crippen molar-refractivity contribution in [2.45, 2.75) is 181 Å². The SMILES string of the molecule is CC[C@]1(O)CC2CN(CCC3=C(Cc4ccccc43)[C@@](C(=O)OC)(c3cc4c(cc3OC)N(C)[C@H]3[C@@](O)(C(=O)NCC(=O)OCCSSC[C@H](NC(=O)[C@@H](CC(=O)[C@H](CC(=O)O)NC(=O)CC[C@H](CC(=O)CC[C@H](NC(=S)NCCCC(=O)O)C(=O)O)C(=O)O)Cc5ccccc5)C(=O)O)[C@H](O)[C@]5(CC)C=CCN6CC[C@]43[C@@H]65)C2)C1. The molecule has 3 aromatic rings. The van der Waals surface area contributed by atoms with Gasteiger partial charge in [-0.15, -0.1) is 0 Å².